The van der Waals surface area contributed by atoms with Gasteiger partial charge in [0.15, 0.2) is 6.29 Å². The van der Waals surface area contributed by atoms with Gasteiger partial charge < -0.3 is 4.57 Å². The molecule has 70 valence electrons. The first-order chi connectivity index (χ1) is 6.83. The van der Waals surface area contributed by atoms with Crippen molar-refractivity contribution in [3.8, 4) is 5.69 Å². The lowest BCUT2D eigenvalue weighted by Gasteiger charge is -2.07. The molecular formula is C11H10N2O. The van der Waals surface area contributed by atoms with E-state index in [0.717, 1.165) is 17.5 Å². The fourth-order valence-electron chi connectivity index (χ4n) is 1.42. The molecule has 0 bridgehead atoms. The second-order valence-electron chi connectivity index (χ2n) is 3.08. The van der Waals surface area contributed by atoms with Crippen LogP contribution in [0.2, 0.25) is 0 Å². The van der Waals surface area contributed by atoms with Crippen molar-refractivity contribution in [3.63, 3.8) is 0 Å². The van der Waals surface area contributed by atoms with Gasteiger partial charge in [-0.1, -0.05) is 0 Å². The summed E-state index contributed by atoms with van der Waals surface area (Å²) in [7, 11) is 0. The molecular weight excluding hydrogens is 176 g/mol. The van der Waals surface area contributed by atoms with Crippen molar-refractivity contribution < 1.29 is 4.79 Å². The van der Waals surface area contributed by atoms with Gasteiger partial charge in [0.1, 0.15) is 0 Å². The van der Waals surface area contributed by atoms with E-state index in [2.05, 4.69) is 4.98 Å². The Bertz CT molecular complexity index is 460. The molecule has 0 unspecified atom stereocenters. The summed E-state index contributed by atoms with van der Waals surface area (Å²) < 4.78 is 1.83. The number of carbonyl (C=O) groups is 1. The lowest BCUT2D eigenvalue weighted by atomic mass is 10.2. The van der Waals surface area contributed by atoms with Crippen molar-refractivity contribution in [2.24, 2.45) is 0 Å². The van der Waals surface area contributed by atoms with Crippen molar-refractivity contribution in [2.75, 3.05) is 0 Å². The van der Waals surface area contributed by atoms with E-state index in [1.165, 1.54) is 0 Å². The minimum atomic E-state index is 0.640. The Hall–Kier alpha value is -1.90. The predicted molar refractivity (Wildman–Crippen MR) is 53.7 cm³/mol. The Morgan fingerprint density at radius 3 is 3.00 bits per heavy atom. The first-order valence-corrected chi connectivity index (χ1v) is 4.36. The molecule has 0 aliphatic heterocycles. The average Bonchev–Trinajstić information content (AvgIpc) is 2.66. The molecule has 2 aromatic heterocycles. The van der Waals surface area contributed by atoms with E-state index in [1.54, 1.807) is 18.5 Å². The fourth-order valence-corrected chi connectivity index (χ4v) is 1.42. The van der Waals surface area contributed by atoms with Crippen LogP contribution < -0.4 is 0 Å². The zero-order valence-electron chi connectivity index (χ0n) is 7.84. The molecule has 0 N–H and O–H groups in total. The van der Waals surface area contributed by atoms with Crippen molar-refractivity contribution in [1.29, 1.82) is 0 Å². The molecule has 2 heterocycles. The lowest BCUT2D eigenvalue weighted by Crippen LogP contribution is -2.00. The van der Waals surface area contributed by atoms with Crippen molar-refractivity contribution in [1.82, 2.24) is 9.55 Å². The molecule has 0 amide bonds. The number of carbonyl (C=O) groups excluding carboxylic acids is 1. The van der Waals surface area contributed by atoms with Crippen molar-refractivity contribution in [2.45, 2.75) is 6.92 Å². The minimum Gasteiger partial charge on any atom is -0.312 e. The highest BCUT2D eigenvalue weighted by atomic mass is 16.1. The molecule has 0 saturated carbocycles. The molecule has 2 rings (SSSR count). The van der Waals surface area contributed by atoms with Gasteiger partial charge in [0.2, 0.25) is 0 Å². The van der Waals surface area contributed by atoms with Crippen molar-refractivity contribution >= 4 is 6.29 Å². The third kappa shape index (κ3) is 1.33. The first kappa shape index (κ1) is 8.69. The second-order valence-corrected chi connectivity index (χ2v) is 3.08. The van der Waals surface area contributed by atoms with Crippen LogP contribution in [-0.2, 0) is 0 Å². The second kappa shape index (κ2) is 3.46. The number of hydrogen-bond acceptors (Lipinski definition) is 2. The Morgan fingerprint density at radius 1 is 1.43 bits per heavy atom. The zero-order chi connectivity index (χ0) is 9.97. The van der Waals surface area contributed by atoms with Gasteiger partial charge in [-0.3, -0.25) is 9.78 Å². The zero-order valence-corrected chi connectivity index (χ0v) is 7.84. The molecule has 0 aromatic carbocycles. The SMILES string of the molecule is Cc1ccncc1-n1cccc1C=O. The molecule has 0 spiro atoms. The number of aldehydes is 1. The molecule has 0 saturated heterocycles. The van der Waals surface area contributed by atoms with Gasteiger partial charge in [-0.05, 0) is 30.7 Å². The van der Waals surface area contributed by atoms with Crippen molar-refractivity contribution in [3.05, 3.63) is 48.0 Å². The monoisotopic (exact) mass is 186 g/mol. The van der Waals surface area contributed by atoms with Crippen LogP contribution in [0.4, 0.5) is 0 Å². The predicted octanol–water partition coefficient (Wildman–Crippen LogP) is 1.99. The van der Waals surface area contributed by atoms with E-state index in [4.69, 9.17) is 0 Å². The molecule has 3 nitrogen and oxygen atoms in total. The third-order valence-corrected chi connectivity index (χ3v) is 2.17. The Kier molecular flexibility index (Phi) is 2.14. The van der Waals surface area contributed by atoms with Crippen LogP contribution in [0.25, 0.3) is 5.69 Å². The van der Waals surface area contributed by atoms with E-state index in [1.807, 2.05) is 29.8 Å². The maximum absolute atomic E-state index is 10.7. The highest BCUT2D eigenvalue weighted by molar-refractivity contribution is 5.73. The maximum atomic E-state index is 10.7. The van der Waals surface area contributed by atoms with Gasteiger partial charge in [0.25, 0.3) is 0 Å². The van der Waals surface area contributed by atoms with E-state index < -0.39 is 0 Å². The Balaban J connectivity index is 2.60. The highest BCUT2D eigenvalue weighted by Crippen LogP contribution is 2.14. The van der Waals surface area contributed by atoms with Crippen LogP contribution >= 0.6 is 0 Å². The Morgan fingerprint density at radius 2 is 2.29 bits per heavy atom. The van der Waals surface area contributed by atoms with Gasteiger partial charge >= 0.3 is 0 Å². The summed E-state index contributed by atoms with van der Waals surface area (Å²) in [6, 6.07) is 5.54. The van der Waals surface area contributed by atoms with Crippen LogP contribution in [0.15, 0.2) is 36.8 Å². The molecule has 14 heavy (non-hydrogen) atoms. The summed E-state index contributed by atoms with van der Waals surface area (Å²) in [5, 5.41) is 0. The van der Waals surface area contributed by atoms with Crippen LogP contribution in [0.1, 0.15) is 16.1 Å². The van der Waals surface area contributed by atoms with Gasteiger partial charge in [-0.2, -0.15) is 0 Å². The largest absolute Gasteiger partial charge is 0.312 e. The normalized spacial score (nSPS) is 10.1. The smallest absolute Gasteiger partial charge is 0.166 e. The average molecular weight is 186 g/mol. The fraction of sp³-hybridized carbons (Fsp3) is 0.0909. The first-order valence-electron chi connectivity index (χ1n) is 4.36. The number of aryl methyl sites for hydroxylation is 1. The van der Waals surface area contributed by atoms with Gasteiger partial charge in [-0.25, -0.2) is 0 Å². The molecule has 0 atom stereocenters. The van der Waals surface area contributed by atoms with Gasteiger partial charge in [0.05, 0.1) is 17.6 Å². The van der Waals surface area contributed by atoms with Crippen LogP contribution in [0.3, 0.4) is 0 Å². The summed E-state index contributed by atoms with van der Waals surface area (Å²) in [6.07, 6.45) is 6.19. The minimum absolute atomic E-state index is 0.640. The molecule has 0 aliphatic carbocycles. The van der Waals surface area contributed by atoms with Gasteiger partial charge in [0, 0.05) is 12.4 Å². The summed E-state index contributed by atoms with van der Waals surface area (Å²) in [5.41, 5.74) is 2.68. The van der Waals surface area contributed by atoms with Crippen LogP contribution in [0, 0.1) is 6.92 Å². The third-order valence-electron chi connectivity index (χ3n) is 2.17. The van der Waals surface area contributed by atoms with Crippen LogP contribution in [0.5, 0.6) is 0 Å². The number of rotatable bonds is 2. The van der Waals surface area contributed by atoms with Gasteiger partial charge in [-0.15, -0.1) is 0 Å². The summed E-state index contributed by atoms with van der Waals surface area (Å²) >= 11 is 0. The molecule has 2 aromatic rings. The Labute approximate surface area is 82.0 Å². The number of aromatic nitrogens is 2. The summed E-state index contributed by atoms with van der Waals surface area (Å²) in [6.45, 7) is 1.99. The number of hydrogen-bond donors (Lipinski definition) is 0. The standard InChI is InChI=1S/C11H10N2O/c1-9-4-5-12-7-11(9)13-6-2-3-10(13)8-14/h2-8H,1H3. The summed E-state index contributed by atoms with van der Waals surface area (Å²) in [5.74, 6) is 0. The van der Waals surface area contributed by atoms with Crippen LogP contribution in [-0.4, -0.2) is 15.8 Å². The maximum Gasteiger partial charge on any atom is 0.166 e. The van der Waals surface area contributed by atoms with E-state index in [-0.39, 0.29) is 0 Å². The van der Waals surface area contributed by atoms with E-state index in [9.17, 15) is 4.79 Å². The topological polar surface area (TPSA) is 34.9 Å². The van der Waals surface area contributed by atoms with E-state index in [0.29, 0.717) is 5.69 Å². The quantitative estimate of drug-likeness (QED) is 0.672. The molecule has 0 aliphatic rings. The molecule has 3 heteroatoms. The highest BCUT2D eigenvalue weighted by Gasteiger charge is 2.03. The number of pyridine rings is 1. The molecule has 0 fully saturated rings. The lowest BCUT2D eigenvalue weighted by molar-refractivity contribution is 0.111. The molecule has 0 radical (unpaired) electrons. The number of nitrogens with zero attached hydrogens (tertiary/aromatic N) is 2. The van der Waals surface area contributed by atoms with E-state index >= 15 is 0 Å². The summed E-state index contributed by atoms with van der Waals surface area (Å²) in [4.78, 5) is 14.8.